The summed E-state index contributed by atoms with van der Waals surface area (Å²) >= 11 is 0. The van der Waals surface area contributed by atoms with Gasteiger partial charge < -0.3 is 21.9 Å². The number of rotatable bonds is 7. The van der Waals surface area contributed by atoms with Crippen LogP contribution in [0.4, 0.5) is 0 Å². The van der Waals surface area contributed by atoms with Gasteiger partial charge in [0.15, 0.2) is 0 Å². The summed E-state index contributed by atoms with van der Waals surface area (Å²) in [6.45, 7) is 7.85. The average Bonchev–Trinajstić information content (AvgIpc) is 2.14. The van der Waals surface area contributed by atoms with Gasteiger partial charge in [-0.1, -0.05) is 20.4 Å². The van der Waals surface area contributed by atoms with Crippen LogP contribution >= 0.6 is 0 Å². The Kier molecular flexibility index (Phi) is 5.96. The van der Waals surface area contributed by atoms with Crippen LogP contribution in [0.15, 0.2) is 12.3 Å². The molecule has 0 saturated carbocycles. The summed E-state index contributed by atoms with van der Waals surface area (Å²) in [6, 6.07) is -1.05. The fourth-order valence-corrected chi connectivity index (χ4v) is 1.17. The van der Waals surface area contributed by atoms with Crippen molar-refractivity contribution in [1.82, 2.24) is 5.32 Å². The van der Waals surface area contributed by atoms with Crippen molar-refractivity contribution in [2.45, 2.75) is 32.4 Å². The van der Waals surface area contributed by atoms with Crippen molar-refractivity contribution in [2.24, 2.45) is 17.4 Å². The van der Waals surface area contributed by atoms with Crippen molar-refractivity contribution < 1.29 is 9.90 Å². The van der Waals surface area contributed by atoms with Gasteiger partial charge in [-0.25, -0.2) is 4.79 Å². The predicted molar refractivity (Wildman–Crippen MR) is 60.2 cm³/mol. The van der Waals surface area contributed by atoms with Crippen molar-refractivity contribution in [3.8, 4) is 0 Å². The highest BCUT2D eigenvalue weighted by molar-refractivity contribution is 5.73. The third-order valence-corrected chi connectivity index (χ3v) is 2.07. The molecule has 0 aromatic rings. The van der Waals surface area contributed by atoms with Crippen molar-refractivity contribution in [3.05, 3.63) is 12.3 Å². The van der Waals surface area contributed by atoms with Crippen LogP contribution in [0, 0.1) is 5.92 Å². The maximum atomic E-state index is 10.9. The van der Waals surface area contributed by atoms with Crippen LogP contribution < -0.4 is 16.8 Å². The van der Waals surface area contributed by atoms with Crippen LogP contribution in [-0.2, 0) is 4.79 Å². The number of carboxylic acids is 1. The Labute approximate surface area is 90.5 Å². The molecule has 88 valence electrons. The molecule has 0 unspecified atom stereocenters. The Hall–Kier alpha value is -1.07. The Morgan fingerprint density at radius 2 is 2.07 bits per heavy atom. The molecule has 0 bridgehead atoms. The maximum Gasteiger partial charge on any atom is 0.326 e. The zero-order valence-electron chi connectivity index (χ0n) is 9.36. The second kappa shape index (κ2) is 6.42. The zero-order valence-corrected chi connectivity index (χ0v) is 9.36. The smallest absolute Gasteiger partial charge is 0.326 e. The average molecular weight is 215 g/mol. The van der Waals surface area contributed by atoms with E-state index >= 15 is 0 Å². The van der Waals surface area contributed by atoms with Crippen LogP contribution in [0.1, 0.15) is 20.3 Å². The molecule has 0 aliphatic heterocycles. The molecule has 0 aromatic carbocycles. The predicted octanol–water partition coefficient (Wildman–Crippen LogP) is -0.125. The molecule has 6 N–H and O–H groups in total. The summed E-state index contributed by atoms with van der Waals surface area (Å²) in [7, 11) is 0. The molecule has 0 spiro atoms. The summed E-state index contributed by atoms with van der Waals surface area (Å²) in [5, 5.41) is 11.7. The number of aliphatic carboxylic acids is 1. The van der Waals surface area contributed by atoms with E-state index in [-0.39, 0.29) is 6.54 Å². The molecule has 0 fully saturated rings. The van der Waals surface area contributed by atoms with E-state index in [0.717, 1.165) is 0 Å². The van der Waals surface area contributed by atoms with Gasteiger partial charge in [0.2, 0.25) is 0 Å². The van der Waals surface area contributed by atoms with Gasteiger partial charge in [0.05, 0.1) is 6.04 Å². The number of hydrogen-bond acceptors (Lipinski definition) is 4. The summed E-state index contributed by atoms with van der Waals surface area (Å²) in [4.78, 5) is 10.9. The number of hydrogen-bond donors (Lipinski definition) is 4. The van der Waals surface area contributed by atoms with Gasteiger partial charge in [-0.3, -0.25) is 0 Å². The van der Waals surface area contributed by atoms with Crippen molar-refractivity contribution >= 4 is 5.97 Å². The SMILES string of the molecule is C=C(N[C@H](CC(C)C)C(=O)O)[C@H](N)CN. The first-order chi connectivity index (χ1) is 6.88. The van der Waals surface area contributed by atoms with Gasteiger partial charge in [-0.05, 0) is 12.3 Å². The van der Waals surface area contributed by atoms with E-state index in [1.807, 2.05) is 13.8 Å². The fourth-order valence-electron chi connectivity index (χ4n) is 1.17. The molecule has 0 rings (SSSR count). The lowest BCUT2D eigenvalue weighted by Crippen LogP contribution is -2.44. The first-order valence-electron chi connectivity index (χ1n) is 5.02. The minimum absolute atomic E-state index is 0.250. The van der Waals surface area contributed by atoms with Gasteiger partial charge in [-0.2, -0.15) is 0 Å². The maximum absolute atomic E-state index is 10.9. The van der Waals surface area contributed by atoms with Crippen LogP contribution in [0.2, 0.25) is 0 Å². The molecule has 0 saturated heterocycles. The lowest BCUT2D eigenvalue weighted by molar-refractivity contribution is -0.139. The Morgan fingerprint density at radius 3 is 2.40 bits per heavy atom. The fraction of sp³-hybridized carbons (Fsp3) is 0.700. The minimum atomic E-state index is -0.894. The van der Waals surface area contributed by atoms with Crippen LogP contribution in [0.5, 0.6) is 0 Å². The molecule has 2 atom stereocenters. The summed E-state index contributed by atoms with van der Waals surface area (Å²) < 4.78 is 0. The van der Waals surface area contributed by atoms with E-state index in [1.165, 1.54) is 0 Å². The van der Waals surface area contributed by atoms with Crippen molar-refractivity contribution in [3.63, 3.8) is 0 Å². The van der Waals surface area contributed by atoms with Crippen molar-refractivity contribution in [2.75, 3.05) is 6.54 Å². The minimum Gasteiger partial charge on any atom is -0.480 e. The molecule has 5 nitrogen and oxygen atoms in total. The first kappa shape index (κ1) is 13.9. The van der Waals surface area contributed by atoms with Gasteiger partial charge in [-0.15, -0.1) is 0 Å². The highest BCUT2D eigenvalue weighted by Crippen LogP contribution is 2.07. The molecule has 15 heavy (non-hydrogen) atoms. The van der Waals surface area contributed by atoms with E-state index in [4.69, 9.17) is 16.6 Å². The second-order valence-electron chi connectivity index (χ2n) is 4.03. The van der Waals surface area contributed by atoms with Crippen molar-refractivity contribution in [1.29, 1.82) is 0 Å². The lowest BCUT2D eigenvalue weighted by Gasteiger charge is -2.21. The zero-order chi connectivity index (χ0) is 12.0. The molecule has 0 amide bonds. The van der Waals surface area contributed by atoms with E-state index in [2.05, 4.69) is 11.9 Å². The van der Waals surface area contributed by atoms with Gasteiger partial charge >= 0.3 is 5.97 Å². The summed E-state index contributed by atoms with van der Waals surface area (Å²) in [5.41, 5.74) is 11.4. The molecular formula is C10H21N3O2. The van der Waals surface area contributed by atoms with E-state index in [9.17, 15) is 4.79 Å². The number of carbonyl (C=O) groups is 1. The molecular weight excluding hydrogens is 194 g/mol. The van der Waals surface area contributed by atoms with Crippen LogP contribution in [0.3, 0.4) is 0 Å². The highest BCUT2D eigenvalue weighted by atomic mass is 16.4. The van der Waals surface area contributed by atoms with Crippen LogP contribution in [0.25, 0.3) is 0 Å². The topological polar surface area (TPSA) is 101 Å². The number of nitrogens with two attached hydrogens (primary N) is 2. The molecule has 0 aromatic heterocycles. The molecule has 5 heteroatoms. The highest BCUT2D eigenvalue weighted by Gasteiger charge is 2.20. The van der Waals surface area contributed by atoms with Crippen LogP contribution in [-0.4, -0.2) is 29.7 Å². The third-order valence-electron chi connectivity index (χ3n) is 2.07. The second-order valence-corrected chi connectivity index (χ2v) is 4.03. The standard InChI is InChI=1S/C10H21N3O2/c1-6(2)4-9(10(14)15)13-7(3)8(12)5-11/h6,8-9,13H,3-5,11-12H2,1-2H3,(H,14,15)/t8-,9-/m1/s1. The molecule has 0 radical (unpaired) electrons. The van der Waals surface area contributed by atoms with E-state index < -0.39 is 18.1 Å². The van der Waals surface area contributed by atoms with Gasteiger partial charge in [0.25, 0.3) is 0 Å². The largest absolute Gasteiger partial charge is 0.480 e. The normalized spacial score (nSPS) is 14.7. The van der Waals surface area contributed by atoms with Gasteiger partial charge in [0, 0.05) is 12.2 Å². The summed E-state index contributed by atoms with van der Waals surface area (Å²) in [6.07, 6.45) is 0.533. The third kappa shape index (κ3) is 5.39. The van der Waals surface area contributed by atoms with E-state index in [0.29, 0.717) is 18.0 Å². The monoisotopic (exact) mass is 215 g/mol. The lowest BCUT2D eigenvalue weighted by atomic mass is 10.0. The Balaban J connectivity index is 4.29. The molecule has 0 heterocycles. The van der Waals surface area contributed by atoms with E-state index in [1.54, 1.807) is 0 Å². The first-order valence-corrected chi connectivity index (χ1v) is 5.02. The Bertz CT molecular complexity index is 229. The number of carboxylic acid groups (broad SMARTS) is 1. The molecule has 0 aliphatic rings. The molecule has 0 aliphatic carbocycles. The number of nitrogens with one attached hydrogen (secondary N) is 1. The Morgan fingerprint density at radius 1 is 1.53 bits per heavy atom. The summed E-state index contributed by atoms with van der Waals surface area (Å²) in [5.74, 6) is -0.602. The quantitative estimate of drug-likeness (QED) is 0.474. The van der Waals surface area contributed by atoms with Gasteiger partial charge in [0.1, 0.15) is 6.04 Å².